The fourth-order valence-corrected chi connectivity index (χ4v) is 3.61. The van der Waals surface area contributed by atoms with Gasteiger partial charge in [0.05, 0.1) is 24.8 Å². The molecule has 2 aliphatic heterocycles. The summed E-state index contributed by atoms with van der Waals surface area (Å²) in [4.78, 5) is 21.9. The number of aromatic nitrogens is 2. The third-order valence-corrected chi connectivity index (χ3v) is 4.90. The van der Waals surface area contributed by atoms with Crippen LogP contribution in [0.25, 0.3) is 5.52 Å². The molecule has 0 unspecified atom stereocenters. The highest BCUT2D eigenvalue weighted by Gasteiger charge is 2.30. The molecule has 2 saturated heterocycles. The van der Waals surface area contributed by atoms with Crippen LogP contribution >= 0.6 is 0 Å². The molecule has 2 aromatic rings. The van der Waals surface area contributed by atoms with Crippen LogP contribution in [-0.2, 0) is 4.74 Å². The molecule has 4 heterocycles. The molecule has 2 aromatic heterocycles. The van der Waals surface area contributed by atoms with E-state index in [1.54, 1.807) is 0 Å². The zero-order chi connectivity index (χ0) is 15.8. The van der Waals surface area contributed by atoms with Crippen LogP contribution in [0.2, 0.25) is 0 Å². The van der Waals surface area contributed by atoms with E-state index in [9.17, 15) is 4.79 Å². The minimum Gasteiger partial charge on any atom is -0.378 e. The van der Waals surface area contributed by atoms with E-state index >= 15 is 0 Å². The van der Waals surface area contributed by atoms with Gasteiger partial charge in [0, 0.05) is 19.3 Å². The topological polar surface area (TPSA) is 50.1 Å². The molecule has 0 aromatic carbocycles. The molecule has 6 heteroatoms. The minimum absolute atomic E-state index is 0.0175. The van der Waals surface area contributed by atoms with E-state index in [1.165, 1.54) is 6.42 Å². The molecule has 122 valence electrons. The normalized spacial score (nSPS) is 22.8. The number of hydrogen-bond donors (Lipinski definition) is 0. The average molecular weight is 314 g/mol. The highest BCUT2D eigenvalue weighted by molar-refractivity contribution is 5.99. The van der Waals surface area contributed by atoms with Crippen molar-refractivity contribution >= 4 is 11.4 Å². The number of amides is 1. The van der Waals surface area contributed by atoms with Crippen molar-refractivity contribution in [2.24, 2.45) is 0 Å². The number of ether oxygens (including phenoxy) is 1. The first kappa shape index (κ1) is 14.7. The fraction of sp³-hybridized carbons (Fsp3) is 0.529. The summed E-state index contributed by atoms with van der Waals surface area (Å²) in [6.07, 6.45) is 4.28. The van der Waals surface area contributed by atoms with Gasteiger partial charge < -0.3 is 14.0 Å². The van der Waals surface area contributed by atoms with Crippen molar-refractivity contribution in [2.45, 2.75) is 18.9 Å². The van der Waals surface area contributed by atoms with Crippen molar-refractivity contribution in [2.75, 3.05) is 39.9 Å². The number of carbonyl (C=O) groups is 1. The first-order valence-corrected chi connectivity index (χ1v) is 8.30. The fourth-order valence-electron chi connectivity index (χ4n) is 3.61. The molecule has 4 rings (SSSR count). The maximum atomic E-state index is 12.9. The van der Waals surface area contributed by atoms with E-state index in [0.717, 1.165) is 24.3 Å². The second kappa shape index (κ2) is 5.94. The van der Waals surface area contributed by atoms with Crippen LogP contribution in [0.5, 0.6) is 0 Å². The van der Waals surface area contributed by atoms with Gasteiger partial charge in [0.25, 0.3) is 5.91 Å². The van der Waals surface area contributed by atoms with Gasteiger partial charge in [-0.05, 0) is 38.6 Å². The molecule has 0 bridgehead atoms. The van der Waals surface area contributed by atoms with Gasteiger partial charge in [-0.3, -0.25) is 9.69 Å². The van der Waals surface area contributed by atoms with Crippen LogP contribution in [0.1, 0.15) is 35.2 Å². The Morgan fingerprint density at radius 1 is 1.26 bits per heavy atom. The SMILES string of the molecule is CN1CCC[C@@H]1c1nc(C(=O)N2CCOCC2)c2ccccn12. The molecule has 2 fully saturated rings. The van der Waals surface area contributed by atoms with Gasteiger partial charge in [0.1, 0.15) is 5.82 Å². The van der Waals surface area contributed by atoms with Gasteiger partial charge in [-0.15, -0.1) is 0 Å². The number of nitrogens with zero attached hydrogens (tertiary/aromatic N) is 4. The Hall–Kier alpha value is -1.92. The number of rotatable bonds is 2. The quantitative estimate of drug-likeness (QED) is 0.844. The summed E-state index contributed by atoms with van der Waals surface area (Å²) in [5.74, 6) is 1.00. The van der Waals surface area contributed by atoms with Crippen molar-refractivity contribution in [1.29, 1.82) is 0 Å². The summed E-state index contributed by atoms with van der Waals surface area (Å²) >= 11 is 0. The van der Waals surface area contributed by atoms with Gasteiger partial charge >= 0.3 is 0 Å². The number of carbonyl (C=O) groups excluding carboxylic acids is 1. The van der Waals surface area contributed by atoms with E-state index in [4.69, 9.17) is 9.72 Å². The molecule has 0 spiro atoms. The summed E-state index contributed by atoms with van der Waals surface area (Å²) < 4.78 is 7.43. The van der Waals surface area contributed by atoms with E-state index in [2.05, 4.69) is 16.3 Å². The summed E-state index contributed by atoms with van der Waals surface area (Å²) in [5.41, 5.74) is 1.47. The smallest absolute Gasteiger partial charge is 0.274 e. The first-order valence-electron chi connectivity index (χ1n) is 8.30. The van der Waals surface area contributed by atoms with Gasteiger partial charge in [0.2, 0.25) is 0 Å². The van der Waals surface area contributed by atoms with Gasteiger partial charge in [0.15, 0.2) is 5.69 Å². The van der Waals surface area contributed by atoms with Crippen molar-refractivity contribution in [3.8, 4) is 0 Å². The second-order valence-corrected chi connectivity index (χ2v) is 6.32. The minimum atomic E-state index is 0.0175. The van der Waals surface area contributed by atoms with Crippen molar-refractivity contribution in [3.05, 3.63) is 35.9 Å². The molecular formula is C17H22N4O2. The Kier molecular flexibility index (Phi) is 3.79. The molecule has 0 saturated carbocycles. The van der Waals surface area contributed by atoms with Crippen LogP contribution in [0, 0.1) is 0 Å². The number of morpholine rings is 1. The Balaban J connectivity index is 1.76. The lowest BCUT2D eigenvalue weighted by Crippen LogP contribution is -2.40. The summed E-state index contributed by atoms with van der Waals surface area (Å²) in [7, 11) is 2.13. The highest BCUT2D eigenvalue weighted by Crippen LogP contribution is 2.31. The van der Waals surface area contributed by atoms with E-state index in [1.807, 2.05) is 29.3 Å². The van der Waals surface area contributed by atoms with Gasteiger partial charge in [-0.2, -0.15) is 0 Å². The molecule has 23 heavy (non-hydrogen) atoms. The van der Waals surface area contributed by atoms with E-state index in [-0.39, 0.29) is 11.9 Å². The van der Waals surface area contributed by atoms with Crippen molar-refractivity contribution < 1.29 is 9.53 Å². The average Bonchev–Trinajstić information content (AvgIpc) is 3.18. The molecule has 1 amide bonds. The maximum Gasteiger partial charge on any atom is 0.274 e. The Labute approximate surface area is 135 Å². The molecule has 2 aliphatic rings. The number of likely N-dealkylation sites (tertiary alicyclic amines) is 1. The molecule has 0 radical (unpaired) electrons. The second-order valence-electron chi connectivity index (χ2n) is 6.32. The maximum absolute atomic E-state index is 12.9. The molecular weight excluding hydrogens is 292 g/mol. The van der Waals surface area contributed by atoms with E-state index in [0.29, 0.717) is 32.0 Å². The molecule has 0 N–H and O–H groups in total. The summed E-state index contributed by atoms with van der Waals surface area (Å²) in [6, 6.07) is 6.24. The molecule has 6 nitrogen and oxygen atoms in total. The zero-order valence-corrected chi connectivity index (χ0v) is 13.4. The van der Waals surface area contributed by atoms with Crippen LogP contribution < -0.4 is 0 Å². The predicted molar refractivity (Wildman–Crippen MR) is 86.5 cm³/mol. The zero-order valence-electron chi connectivity index (χ0n) is 13.4. The van der Waals surface area contributed by atoms with Gasteiger partial charge in [-0.25, -0.2) is 4.98 Å². The molecule has 1 atom stereocenters. The van der Waals surface area contributed by atoms with Crippen LogP contribution in [0.15, 0.2) is 24.4 Å². The Bertz CT molecular complexity index is 720. The lowest BCUT2D eigenvalue weighted by Gasteiger charge is -2.26. The van der Waals surface area contributed by atoms with Crippen molar-refractivity contribution in [1.82, 2.24) is 19.2 Å². The number of fused-ring (bicyclic) bond motifs is 1. The predicted octanol–water partition coefficient (Wildman–Crippen LogP) is 1.57. The number of imidazole rings is 1. The monoisotopic (exact) mass is 314 g/mol. The summed E-state index contributed by atoms with van der Waals surface area (Å²) in [5, 5.41) is 0. The Morgan fingerprint density at radius 2 is 2.09 bits per heavy atom. The third kappa shape index (κ3) is 2.52. The number of pyridine rings is 1. The van der Waals surface area contributed by atoms with Gasteiger partial charge in [-0.1, -0.05) is 6.07 Å². The standard InChI is InChI=1S/C17H22N4O2/c1-19-7-4-6-14(19)16-18-15(13-5-2-3-8-21(13)16)17(22)20-9-11-23-12-10-20/h2-3,5,8,14H,4,6-7,9-12H2,1H3/t14-/m1/s1. The highest BCUT2D eigenvalue weighted by atomic mass is 16.5. The van der Waals surface area contributed by atoms with E-state index < -0.39 is 0 Å². The lowest BCUT2D eigenvalue weighted by atomic mass is 10.2. The van der Waals surface area contributed by atoms with Crippen LogP contribution in [0.4, 0.5) is 0 Å². The largest absolute Gasteiger partial charge is 0.378 e. The van der Waals surface area contributed by atoms with Crippen molar-refractivity contribution in [3.63, 3.8) is 0 Å². The van der Waals surface area contributed by atoms with Crippen LogP contribution in [0.3, 0.4) is 0 Å². The van der Waals surface area contributed by atoms with Crippen LogP contribution in [-0.4, -0.2) is 65.0 Å². The molecule has 0 aliphatic carbocycles. The first-order chi connectivity index (χ1) is 11.3. The third-order valence-electron chi connectivity index (χ3n) is 4.90. The lowest BCUT2D eigenvalue weighted by molar-refractivity contribution is 0.0300. The number of hydrogen-bond acceptors (Lipinski definition) is 4. The Morgan fingerprint density at radius 3 is 2.83 bits per heavy atom. The summed E-state index contributed by atoms with van der Waals surface area (Å²) in [6.45, 7) is 3.58.